The summed E-state index contributed by atoms with van der Waals surface area (Å²) in [6.45, 7) is 0. The number of hydrogen-bond donors (Lipinski definition) is 1. The Morgan fingerprint density at radius 3 is 2.67 bits per heavy atom. The molecule has 1 aromatic heterocycles. The van der Waals surface area contributed by atoms with Gasteiger partial charge in [-0.1, -0.05) is 24.3 Å². The lowest BCUT2D eigenvalue weighted by molar-refractivity contribution is 0.476. The van der Waals surface area contributed by atoms with Gasteiger partial charge in [0.1, 0.15) is 11.6 Å². The molecule has 18 heavy (non-hydrogen) atoms. The monoisotopic (exact) mass is 239 g/mol. The fourth-order valence-electron chi connectivity index (χ4n) is 2.09. The molecule has 2 nitrogen and oxygen atoms in total. The van der Waals surface area contributed by atoms with Gasteiger partial charge in [-0.2, -0.15) is 0 Å². The van der Waals surface area contributed by atoms with Crippen LogP contribution in [-0.2, 0) is 0 Å². The molecular weight excluding hydrogens is 229 g/mol. The maximum absolute atomic E-state index is 13.2. The van der Waals surface area contributed by atoms with Crippen molar-refractivity contribution < 1.29 is 9.50 Å². The predicted octanol–water partition coefficient (Wildman–Crippen LogP) is 3.75. The largest absolute Gasteiger partial charge is 0.508 e. The van der Waals surface area contributed by atoms with Crippen molar-refractivity contribution in [2.75, 3.05) is 0 Å². The summed E-state index contributed by atoms with van der Waals surface area (Å²) in [6.07, 6.45) is 2.75. The van der Waals surface area contributed by atoms with Crippen LogP contribution in [0.5, 0.6) is 5.75 Å². The molecule has 0 spiro atoms. The summed E-state index contributed by atoms with van der Waals surface area (Å²) in [6, 6.07) is 12.4. The van der Waals surface area contributed by atoms with Crippen LogP contribution in [0.1, 0.15) is 0 Å². The first-order valence-electron chi connectivity index (χ1n) is 5.57. The van der Waals surface area contributed by atoms with Gasteiger partial charge in [0.15, 0.2) is 0 Å². The standard InChI is InChI=1S/C15H10FNO/c16-12-5-11(8-17-9-12)15-7-13(18)6-10-3-1-2-4-14(10)15/h1-9,18H. The Kier molecular flexibility index (Phi) is 2.45. The van der Waals surface area contributed by atoms with Crippen LogP contribution in [0.15, 0.2) is 54.9 Å². The van der Waals surface area contributed by atoms with Crippen molar-refractivity contribution in [2.24, 2.45) is 0 Å². The van der Waals surface area contributed by atoms with E-state index in [1.165, 1.54) is 6.07 Å². The van der Waals surface area contributed by atoms with Gasteiger partial charge in [0, 0.05) is 11.8 Å². The van der Waals surface area contributed by atoms with Gasteiger partial charge in [0.25, 0.3) is 0 Å². The van der Waals surface area contributed by atoms with Gasteiger partial charge >= 0.3 is 0 Å². The second-order valence-electron chi connectivity index (χ2n) is 4.11. The third-order valence-electron chi connectivity index (χ3n) is 2.86. The molecule has 0 fully saturated rings. The smallest absolute Gasteiger partial charge is 0.142 e. The molecule has 88 valence electrons. The average molecular weight is 239 g/mol. The molecule has 3 aromatic rings. The first-order valence-corrected chi connectivity index (χ1v) is 5.57. The Bertz CT molecular complexity index is 725. The van der Waals surface area contributed by atoms with Gasteiger partial charge in [-0.25, -0.2) is 4.39 Å². The number of aromatic nitrogens is 1. The number of aromatic hydroxyl groups is 1. The third-order valence-corrected chi connectivity index (χ3v) is 2.86. The highest BCUT2D eigenvalue weighted by atomic mass is 19.1. The number of hydrogen-bond acceptors (Lipinski definition) is 2. The minimum atomic E-state index is -0.389. The summed E-state index contributed by atoms with van der Waals surface area (Å²) in [4.78, 5) is 3.84. The summed E-state index contributed by atoms with van der Waals surface area (Å²) in [5.74, 6) is -0.229. The summed E-state index contributed by atoms with van der Waals surface area (Å²) in [5.41, 5.74) is 1.43. The quantitative estimate of drug-likeness (QED) is 0.701. The van der Waals surface area contributed by atoms with Crippen molar-refractivity contribution in [3.8, 4) is 16.9 Å². The van der Waals surface area contributed by atoms with Crippen LogP contribution in [0.25, 0.3) is 21.9 Å². The first-order chi connectivity index (χ1) is 8.74. The number of phenols is 1. The second kappa shape index (κ2) is 4.11. The molecule has 3 heteroatoms. The SMILES string of the molecule is Oc1cc(-c2cncc(F)c2)c2ccccc2c1. The van der Waals surface area contributed by atoms with E-state index in [1.54, 1.807) is 18.3 Å². The van der Waals surface area contributed by atoms with Crippen molar-refractivity contribution in [1.82, 2.24) is 4.98 Å². The highest BCUT2D eigenvalue weighted by Gasteiger charge is 2.07. The predicted molar refractivity (Wildman–Crippen MR) is 68.8 cm³/mol. The van der Waals surface area contributed by atoms with Crippen LogP contribution in [0.4, 0.5) is 4.39 Å². The molecule has 0 radical (unpaired) electrons. The molecule has 2 aromatic carbocycles. The summed E-state index contributed by atoms with van der Waals surface area (Å²) in [7, 11) is 0. The maximum Gasteiger partial charge on any atom is 0.142 e. The lowest BCUT2D eigenvalue weighted by Crippen LogP contribution is -1.85. The Labute approximate surface area is 103 Å². The van der Waals surface area contributed by atoms with Crippen molar-refractivity contribution in [3.05, 3.63) is 60.7 Å². The molecule has 1 heterocycles. The van der Waals surface area contributed by atoms with E-state index in [9.17, 15) is 9.50 Å². The van der Waals surface area contributed by atoms with E-state index in [0.29, 0.717) is 5.56 Å². The van der Waals surface area contributed by atoms with Gasteiger partial charge in [0.2, 0.25) is 0 Å². The molecule has 3 rings (SSSR count). The van der Waals surface area contributed by atoms with E-state index in [-0.39, 0.29) is 11.6 Å². The minimum Gasteiger partial charge on any atom is -0.508 e. The summed E-state index contributed by atoms with van der Waals surface area (Å²) in [5, 5.41) is 11.6. The van der Waals surface area contributed by atoms with Crippen molar-refractivity contribution in [1.29, 1.82) is 0 Å². The Balaban J connectivity index is 2.34. The number of benzene rings is 2. The number of nitrogens with zero attached hydrogens (tertiary/aromatic N) is 1. The number of pyridine rings is 1. The van der Waals surface area contributed by atoms with Crippen molar-refractivity contribution >= 4 is 10.8 Å². The van der Waals surface area contributed by atoms with Gasteiger partial charge in [-0.05, 0) is 34.5 Å². The second-order valence-corrected chi connectivity index (χ2v) is 4.11. The molecule has 0 aliphatic carbocycles. The lowest BCUT2D eigenvalue weighted by atomic mass is 9.99. The fourth-order valence-corrected chi connectivity index (χ4v) is 2.09. The van der Waals surface area contributed by atoms with Crippen LogP contribution >= 0.6 is 0 Å². The van der Waals surface area contributed by atoms with E-state index < -0.39 is 0 Å². The number of fused-ring (bicyclic) bond motifs is 1. The molecule has 0 atom stereocenters. The van der Waals surface area contributed by atoms with Gasteiger partial charge in [-0.3, -0.25) is 4.98 Å². The van der Waals surface area contributed by atoms with E-state index in [4.69, 9.17) is 0 Å². The highest BCUT2D eigenvalue weighted by molar-refractivity contribution is 5.97. The zero-order valence-electron chi connectivity index (χ0n) is 9.47. The van der Waals surface area contributed by atoms with E-state index in [0.717, 1.165) is 22.5 Å². The number of phenolic OH excluding ortho intramolecular Hbond substituents is 1. The van der Waals surface area contributed by atoms with Crippen LogP contribution in [0, 0.1) is 5.82 Å². The number of halogens is 1. The highest BCUT2D eigenvalue weighted by Crippen LogP contribution is 2.32. The van der Waals surface area contributed by atoms with E-state index in [1.807, 2.05) is 24.3 Å². The lowest BCUT2D eigenvalue weighted by Gasteiger charge is -2.07. The average Bonchev–Trinajstić information content (AvgIpc) is 2.37. The minimum absolute atomic E-state index is 0.160. The Morgan fingerprint density at radius 2 is 1.83 bits per heavy atom. The Hall–Kier alpha value is -2.42. The molecule has 0 bridgehead atoms. The van der Waals surface area contributed by atoms with Crippen molar-refractivity contribution in [3.63, 3.8) is 0 Å². The topological polar surface area (TPSA) is 33.1 Å². The normalized spacial score (nSPS) is 10.7. The van der Waals surface area contributed by atoms with Crippen LogP contribution in [0.3, 0.4) is 0 Å². The Morgan fingerprint density at radius 1 is 1.00 bits per heavy atom. The molecule has 0 aliphatic heterocycles. The fraction of sp³-hybridized carbons (Fsp3) is 0. The molecule has 0 amide bonds. The van der Waals surface area contributed by atoms with Gasteiger partial charge in [0.05, 0.1) is 6.20 Å². The van der Waals surface area contributed by atoms with E-state index >= 15 is 0 Å². The molecule has 0 saturated carbocycles. The molecule has 0 saturated heterocycles. The summed E-state index contributed by atoms with van der Waals surface area (Å²) < 4.78 is 13.2. The van der Waals surface area contributed by atoms with Gasteiger partial charge < -0.3 is 5.11 Å². The zero-order chi connectivity index (χ0) is 12.5. The first kappa shape index (κ1) is 10.7. The summed E-state index contributed by atoms with van der Waals surface area (Å²) >= 11 is 0. The molecular formula is C15H10FNO. The van der Waals surface area contributed by atoms with Crippen LogP contribution < -0.4 is 0 Å². The van der Waals surface area contributed by atoms with Crippen LogP contribution in [-0.4, -0.2) is 10.1 Å². The van der Waals surface area contributed by atoms with Gasteiger partial charge in [-0.15, -0.1) is 0 Å². The van der Waals surface area contributed by atoms with Crippen molar-refractivity contribution in [2.45, 2.75) is 0 Å². The van der Waals surface area contributed by atoms with E-state index in [2.05, 4.69) is 4.98 Å². The molecule has 0 aliphatic rings. The third kappa shape index (κ3) is 1.80. The molecule has 0 unspecified atom stereocenters. The molecule has 1 N–H and O–H groups in total. The zero-order valence-corrected chi connectivity index (χ0v) is 9.47. The van der Waals surface area contributed by atoms with Crippen LogP contribution in [0.2, 0.25) is 0 Å². The number of rotatable bonds is 1. The maximum atomic E-state index is 13.2.